The van der Waals surface area contributed by atoms with Crippen LogP contribution in [0.25, 0.3) is 0 Å². The summed E-state index contributed by atoms with van der Waals surface area (Å²) >= 11 is 0. The van der Waals surface area contributed by atoms with Crippen molar-refractivity contribution in [2.24, 2.45) is 0 Å². The molecule has 0 aromatic carbocycles. The highest BCUT2D eigenvalue weighted by Gasteiger charge is 2.23. The molecule has 0 bridgehead atoms. The number of hydrogen-bond acceptors (Lipinski definition) is 3. The summed E-state index contributed by atoms with van der Waals surface area (Å²) in [6.07, 6.45) is 0.0231. The van der Waals surface area contributed by atoms with Gasteiger partial charge in [0.05, 0.1) is 13.1 Å². The standard InChI is InChI=1S/C5H8N2O3/c8-4-1-3(5(9)10)6-2-7-4/h3,6H,1-2H2,(H,7,8)(H,9,10)/t3-/m0/s1. The first kappa shape index (κ1) is 7.01. The fourth-order valence-electron chi connectivity index (χ4n) is 0.777. The molecule has 1 aliphatic heterocycles. The van der Waals surface area contributed by atoms with Gasteiger partial charge in [0.25, 0.3) is 0 Å². The maximum Gasteiger partial charge on any atom is 0.321 e. The van der Waals surface area contributed by atoms with E-state index in [0.717, 1.165) is 0 Å². The van der Waals surface area contributed by atoms with Crippen molar-refractivity contribution in [3.05, 3.63) is 0 Å². The van der Waals surface area contributed by atoms with Crippen molar-refractivity contribution < 1.29 is 14.7 Å². The molecule has 0 aromatic rings. The van der Waals surface area contributed by atoms with Gasteiger partial charge in [-0.2, -0.15) is 0 Å². The molecular formula is C5H8N2O3. The summed E-state index contributed by atoms with van der Waals surface area (Å²) in [7, 11) is 0. The maximum atomic E-state index is 10.6. The third-order valence-corrected chi connectivity index (χ3v) is 1.32. The van der Waals surface area contributed by atoms with E-state index in [1.807, 2.05) is 0 Å². The van der Waals surface area contributed by atoms with Crippen molar-refractivity contribution >= 4 is 11.9 Å². The summed E-state index contributed by atoms with van der Waals surface area (Å²) in [5, 5.41) is 13.5. The van der Waals surface area contributed by atoms with Crippen molar-refractivity contribution in [3.63, 3.8) is 0 Å². The second-order valence-electron chi connectivity index (χ2n) is 2.08. The van der Waals surface area contributed by atoms with E-state index in [-0.39, 0.29) is 19.0 Å². The average molecular weight is 144 g/mol. The Balaban J connectivity index is 2.47. The lowest BCUT2D eigenvalue weighted by Crippen LogP contribution is -2.51. The molecular weight excluding hydrogens is 136 g/mol. The predicted octanol–water partition coefficient (Wildman–Crippen LogP) is -1.49. The molecule has 0 spiro atoms. The molecule has 1 saturated heterocycles. The lowest BCUT2D eigenvalue weighted by molar-refractivity contribution is -0.142. The zero-order valence-electron chi connectivity index (χ0n) is 5.26. The number of amides is 1. The quantitative estimate of drug-likeness (QED) is 0.419. The molecule has 1 amide bonds. The summed E-state index contributed by atoms with van der Waals surface area (Å²) in [5.41, 5.74) is 0. The summed E-state index contributed by atoms with van der Waals surface area (Å²) < 4.78 is 0. The smallest absolute Gasteiger partial charge is 0.321 e. The first-order chi connectivity index (χ1) is 4.70. The van der Waals surface area contributed by atoms with Crippen LogP contribution < -0.4 is 10.6 Å². The topological polar surface area (TPSA) is 78.4 Å². The molecule has 1 atom stereocenters. The van der Waals surface area contributed by atoms with Gasteiger partial charge in [-0.25, -0.2) is 0 Å². The van der Waals surface area contributed by atoms with Crippen molar-refractivity contribution in [2.75, 3.05) is 6.67 Å². The fourth-order valence-corrected chi connectivity index (χ4v) is 0.777. The van der Waals surface area contributed by atoms with Gasteiger partial charge >= 0.3 is 5.97 Å². The molecule has 0 aliphatic carbocycles. The minimum atomic E-state index is -0.977. The van der Waals surface area contributed by atoms with Crippen molar-refractivity contribution in [1.29, 1.82) is 0 Å². The Morgan fingerprint density at radius 2 is 2.40 bits per heavy atom. The monoisotopic (exact) mass is 144 g/mol. The van der Waals surface area contributed by atoms with E-state index in [0.29, 0.717) is 0 Å². The number of nitrogens with one attached hydrogen (secondary N) is 2. The van der Waals surface area contributed by atoms with E-state index < -0.39 is 12.0 Å². The minimum absolute atomic E-state index is 0.0231. The van der Waals surface area contributed by atoms with Crippen LogP contribution in [-0.4, -0.2) is 29.7 Å². The summed E-state index contributed by atoms with van der Waals surface area (Å²) in [5.74, 6) is -1.19. The zero-order chi connectivity index (χ0) is 7.56. The number of carboxylic acids is 1. The fraction of sp³-hybridized carbons (Fsp3) is 0.600. The Morgan fingerprint density at radius 3 is 2.80 bits per heavy atom. The highest BCUT2D eigenvalue weighted by molar-refractivity contribution is 5.85. The molecule has 10 heavy (non-hydrogen) atoms. The number of carbonyl (C=O) groups excluding carboxylic acids is 1. The van der Waals surface area contributed by atoms with Gasteiger partial charge in [0.1, 0.15) is 6.04 Å². The summed E-state index contributed by atoms with van der Waals surface area (Å²) in [4.78, 5) is 20.8. The maximum absolute atomic E-state index is 10.6. The van der Waals surface area contributed by atoms with Crippen LogP contribution in [0.4, 0.5) is 0 Å². The molecule has 1 rings (SSSR count). The molecule has 1 aliphatic rings. The zero-order valence-corrected chi connectivity index (χ0v) is 5.26. The van der Waals surface area contributed by atoms with Gasteiger partial charge in [0, 0.05) is 0 Å². The molecule has 3 N–H and O–H groups in total. The van der Waals surface area contributed by atoms with E-state index in [9.17, 15) is 9.59 Å². The summed E-state index contributed by atoms with van der Waals surface area (Å²) in [6.45, 7) is 0.246. The van der Waals surface area contributed by atoms with Gasteiger partial charge in [-0.1, -0.05) is 0 Å². The van der Waals surface area contributed by atoms with Crippen LogP contribution in [0.2, 0.25) is 0 Å². The Kier molecular flexibility index (Phi) is 1.86. The highest BCUT2D eigenvalue weighted by Crippen LogP contribution is 1.95. The Labute approximate surface area is 57.4 Å². The number of hydrogen-bond donors (Lipinski definition) is 3. The first-order valence-corrected chi connectivity index (χ1v) is 2.93. The van der Waals surface area contributed by atoms with Gasteiger partial charge in [-0.05, 0) is 0 Å². The van der Waals surface area contributed by atoms with Crippen LogP contribution in [0.3, 0.4) is 0 Å². The SMILES string of the molecule is O=C1C[C@@H](C(=O)O)NCN1. The Bertz CT molecular complexity index is 166. The summed E-state index contributed by atoms with van der Waals surface area (Å²) in [6, 6.07) is -0.714. The van der Waals surface area contributed by atoms with E-state index in [2.05, 4.69) is 10.6 Å². The average Bonchev–Trinajstić information content (AvgIpc) is 1.88. The van der Waals surface area contributed by atoms with Gasteiger partial charge in [-0.15, -0.1) is 0 Å². The second kappa shape index (κ2) is 2.66. The molecule has 5 nitrogen and oxygen atoms in total. The van der Waals surface area contributed by atoms with Gasteiger partial charge in [0.2, 0.25) is 5.91 Å². The molecule has 0 unspecified atom stereocenters. The largest absolute Gasteiger partial charge is 0.480 e. The van der Waals surface area contributed by atoms with Crippen LogP contribution in [-0.2, 0) is 9.59 Å². The van der Waals surface area contributed by atoms with Crippen molar-refractivity contribution in [3.8, 4) is 0 Å². The number of rotatable bonds is 1. The predicted molar refractivity (Wildman–Crippen MR) is 32.2 cm³/mol. The minimum Gasteiger partial charge on any atom is -0.480 e. The van der Waals surface area contributed by atoms with E-state index in [1.165, 1.54) is 0 Å². The molecule has 0 saturated carbocycles. The lowest BCUT2D eigenvalue weighted by atomic mass is 10.2. The van der Waals surface area contributed by atoms with Crippen LogP contribution in [0.1, 0.15) is 6.42 Å². The molecule has 1 fully saturated rings. The molecule has 1 heterocycles. The molecule has 0 aromatic heterocycles. The Morgan fingerprint density at radius 1 is 1.70 bits per heavy atom. The van der Waals surface area contributed by atoms with Gasteiger partial charge in [-0.3, -0.25) is 14.9 Å². The second-order valence-corrected chi connectivity index (χ2v) is 2.08. The van der Waals surface area contributed by atoms with E-state index >= 15 is 0 Å². The van der Waals surface area contributed by atoms with Crippen LogP contribution >= 0.6 is 0 Å². The Hall–Kier alpha value is -1.10. The third kappa shape index (κ3) is 1.44. The van der Waals surface area contributed by atoms with Crippen LogP contribution in [0, 0.1) is 0 Å². The van der Waals surface area contributed by atoms with E-state index in [4.69, 9.17) is 5.11 Å². The van der Waals surface area contributed by atoms with Gasteiger partial charge in [0.15, 0.2) is 0 Å². The van der Waals surface area contributed by atoms with Crippen LogP contribution in [0.15, 0.2) is 0 Å². The van der Waals surface area contributed by atoms with Crippen LogP contribution in [0.5, 0.6) is 0 Å². The van der Waals surface area contributed by atoms with Crippen molar-refractivity contribution in [1.82, 2.24) is 10.6 Å². The lowest BCUT2D eigenvalue weighted by Gasteiger charge is -2.19. The van der Waals surface area contributed by atoms with Gasteiger partial charge < -0.3 is 10.4 Å². The number of carboxylic acid groups (broad SMARTS) is 1. The van der Waals surface area contributed by atoms with E-state index in [1.54, 1.807) is 0 Å². The first-order valence-electron chi connectivity index (χ1n) is 2.93. The highest BCUT2D eigenvalue weighted by atomic mass is 16.4. The number of carbonyl (C=O) groups is 2. The normalized spacial score (nSPS) is 25.6. The third-order valence-electron chi connectivity index (χ3n) is 1.32. The van der Waals surface area contributed by atoms with Crippen molar-refractivity contribution in [2.45, 2.75) is 12.5 Å². The molecule has 0 radical (unpaired) electrons. The molecule has 56 valence electrons. The number of aliphatic carboxylic acids is 1. The molecule has 5 heteroatoms.